The molecule has 158 valence electrons. The summed E-state index contributed by atoms with van der Waals surface area (Å²) in [5.41, 5.74) is 5.35. The molecule has 0 aliphatic rings. The number of hydrogen-bond acceptors (Lipinski definition) is 4. The van der Waals surface area contributed by atoms with Gasteiger partial charge >= 0.3 is 0 Å². The monoisotopic (exact) mass is 414 g/mol. The molecule has 0 unspecified atom stereocenters. The summed E-state index contributed by atoms with van der Waals surface area (Å²) in [6, 6.07) is 21.3. The number of aromatic nitrogens is 1. The number of hydrogen-bond donors (Lipinski definition) is 1. The van der Waals surface area contributed by atoms with Crippen molar-refractivity contribution in [3.8, 4) is 17.2 Å². The Kier molecular flexibility index (Phi) is 6.03. The van der Waals surface area contributed by atoms with Crippen LogP contribution >= 0.6 is 0 Å². The lowest BCUT2D eigenvalue weighted by atomic mass is 9.99. The van der Waals surface area contributed by atoms with Crippen molar-refractivity contribution in [2.24, 2.45) is 0 Å². The SMILES string of the molecule is CC[C@H](C)c1ccc(OCC(=O)Nc2ccc3oc(-c4cccc(C)c4)nc3c2)cc1. The van der Waals surface area contributed by atoms with E-state index in [0.29, 0.717) is 34.3 Å². The third-order valence-corrected chi connectivity index (χ3v) is 5.37. The van der Waals surface area contributed by atoms with E-state index >= 15 is 0 Å². The molecule has 0 saturated carbocycles. The molecule has 0 bridgehead atoms. The Labute approximate surface area is 182 Å². The number of ether oxygens (including phenoxy) is 1. The molecule has 1 aromatic heterocycles. The molecule has 31 heavy (non-hydrogen) atoms. The molecule has 0 aliphatic carbocycles. The Morgan fingerprint density at radius 1 is 1.10 bits per heavy atom. The van der Waals surface area contributed by atoms with Crippen LogP contribution in [0.2, 0.25) is 0 Å². The summed E-state index contributed by atoms with van der Waals surface area (Å²) in [7, 11) is 0. The smallest absolute Gasteiger partial charge is 0.262 e. The Bertz CT molecular complexity index is 1190. The van der Waals surface area contributed by atoms with Crippen LogP contribution in [-0.2, 0) is 4.79 Å². The molecule has 5 heteroatoms. The van der Waals surface area contributed by atoms with E-state index in [-0.39, 0.29) is 12.5 Å². The van der Waals surface area contributed by atoms with Gasteiger partial charge in [0.05, 0.1) is 0 Å². The maximum absolute atomic E-state index is 12.3. The molecular formula is C26H26N2O3. The molecular weight excluding hydrogens is 388 g/mol. The highest BCUT2D eigenvalue weighted by atomic mass is 16.5. The van der Waals surface area contributed by atoms with Gasteiger partial charge in [-0.2, -0.15) is 0 Å². The van der Waals surface area contributed by atoms with Crippen LogP contribution in [0.25, 0.3) is 22.6 Å². The van der Waals surface area contributed by atoms with Gasteiger partial charge in [-0.05, 0) is 67.3 Å². The molecule has 1 amide bonds. The van der Waals surface area contributed by atoms with E-state index in [0.717, 1.165) is 17.5 Å². The second-order valence-corrected chi connectivity index (χ2v) is 7.79. The third kappa shape index (κ3) is 4.94. The van der Waals surface area contributed by atoms with Crippen molar-refractivity contribution in [2.75, 3.05) is 11.9 Å². The largest absolute Gasteiger partial charge is 0.484 e. The number of oxazole rings is 1. The van der Waals surface area contributed by atoms with Crippen molar-refractivity contribution in [1.29, 1.82) is 0 Å². The summed E-state index contributed by atoms with van der Waals surface area (Å²) in [6.45, 7) is 6.33. The Balaban J connectivity index is 1.39. The number of nitrogens with one attached hydrogen (secondary N) is 1. The highest BCUT2D eigenvalue weighted by Gasteiger charge is 2.11. The van der Waals surface area contributed by atoms with Gasteiger partial charge in [0.1, 0.15) is 11.3 Å². The summed E-state index contributed by atoms with van der Waals surface area (Å²) < 4.78 is 11.5. The summed E-state index contributed by atoms with van der Waals surface area (Å²) in [6.07, 6.45) is 1.09. The molecule has 1 atom stereocenters. The number of carbonyl (C=O) groups excluding carboxylic acids is 1. The zero-order valence-electron chi connectivity index (χ0n) is 18.0. The van der Waals surface area contributed by atoms with E-state index in [1.54, 1.807) is 12.1 Å². The number of amides is 1. The summed E-state index contributed by atoms with van der Waals surface area (Å²) in [4.78, 5) is 16.9. The minimum Gasteiger partial charge on any atom is -0.484 e. The van der Waals surface area contributed by atoms with Crippen molar-refractivity contribution >= 4 is 22.7 Å². The molecule has 0 spiro atoms. The molecule has 3 aromatic carbocycles. The predicted molar refractivity (Wildman–Crippen MR) is 123 cm³/mol. The normalized spacial score (nSPS) is 12.0. The van der Waals surface area contributed by atoms with Crippen LogP contribution in [0.1, 0.15) is 37.3 Å². The minimum absolute atomic E-state index is 0.0614. The van der Waals surface area contributed by atoms with Crippen LogP contribution in [0.4, 0.5) is 5.69 Å². The second kappa shape index (κ2) is 9.04. The van der Waals surface area contributed by atoms with Gasteiger partial charge in [0.2, 0.25) is 5.89 Å². The summed E-state index contributed by atoms with van der Waals surface area (Å²) in [5, 5.41) is 2.86. The summed E-state index contributed by atoms with van der Waals surface area (Å²) >= 11 is 0. The number of fused-ring (bicyclic) bond motifs is 1. The van der Waals surface area contributed by atoms with E-state index < -0.39 is 0 Å². The molecule has 0 radical (unpaired) electrons. The van der Waals surface area contributed by atoms with Crippen molar-refractivity contribution < 1.29 is 13.9 Å². The van der Waals surface area contributed by atoms with Crippen LogP contribution in [0, 0.1) is 6.92 Å². The lowest BCUT2D eigenvalue weighted by Gasteiger charge is -2.11. The lowest BCUT2D eigenvalue weighted by molar-refractivity contribution is -0.118. The van der Waals surface area contributed by atoms with Crippen LogP contribution in [0.5, 0.6) is 5.75 Å². The average molecular weight is 415 g/mol. The fourth-order valence-corrected chi connectivity index (χ4v) is 3.38. The fraction of sp³-hybridized carbons (Fsp3) is 0.231. The van der Waals surface area contributed by atoms with E-state index in [2.05, 4.69) is 24.1 Å². The molecule has 1 heterocycles. The van der Waals surface area contributed by atoms with E-state index in [4.69, 9.17) is 9.15 Å². The Hall–Kier alpha value is -3.60. The quantitative estimate of drug-likeness (QED) is 0.383. The third-order valence-electron chi connectivity index (χ3n) is 5.37. The molecule has 4 rings (SSSR count). The molecule has 0 saturated heterocycles. The summed E-state index contributed by atoms with van der Waals surface area (Å²) in [5.74, 6) is 1.52. The predicted octanol–water partition coefficient (Wildman–Crippen LogP) is 6.33. The number of carbonyl (C=O) groups is 1. The topological polar surface area (TPSA) is 64.4 Å². The number of anilines is 1. The van der Waals surface area contributed by atoms with E-state index in [1.807, 2.05) is 61.5 Å². The first-order chi connectivity index (χ1) is 15.0. The van der Waals surface area contributed by atoms with E-state index in [1.165, 1.54) is 5.56 Å². The standard InChI is InChI=1S/C26H26N2O3/c1-4-18(3)19-8-11-22(12-9-19)30-16-25(29)27-21-10-13-24-23(15-21)28-26(31-24)20-7-5-6-17(2)14-20/h5-15,18H,4,16H2,1-3H3,(H,27,29)/t18-/m0/s1. The first-order valence-electron chi connectivity index (χ1n) is 10.5. The maximum Gasteiger partial charge on any atom is 0.262 e. The van der Waals surface area contributed by atoms with Gasteiger partial charge in [-0.15, -0.1) is 0 Å². The highest BCUT2D eigenvalue weighted by molar-refractivity contribution is 5.94. The van der Waals surface area contributed by atoms with Crippen LogP contribution in [0.3, 0.4) is 0 Å². The number of rotatable bonds is 7. The van der Waals surface area contributed by atoms with Gasteiger partial charge in [-0.25, -0.2) is 4.98 Å². The highest BCUT2D eigenvalue weighted by Crippen LogP contribution is 2.27. The molecule has 5 nitrogen and oxygen atoms in total. The Morgan fingerprint density at radius 2 is 1.90 bits per heavy atom. The molecule has 1 N–H and O–H groups in total. The zero-order valence-corrected chi connectivity index (χ0v) is 18.0. The maximum atomic E-state index is 12.3. The van der Waals surface area contributed by atoms with Gasteiger partial charge in [-0.1, -0.05) is 43.7 Å². The zero-order chi connectivity index (χ0) is 21.8. The van der Waals surface area contributed by atoms with Gasteiger partial charge in [-0.3, -0.25) is 4.79 Å². The second-order valence-electron chi connectivity index (χ2n) is 7.79. The Morgan fingerprint density at radius 3 is 2.65 bits per heavy atom. The number of benzene rings is 3. The minimum atomic E-state index is -0.229. The van der Waals surface area contributed by atoms with Gasteiger partial charge < -0.3 is 14.5 Å². The molecule has 0 fully saturated rings. The van der Waals surface area contributed by atoms with Gasteiger partial charge in [0.15, 0.2) is 12.2 Å². The van der Waals surface area contributed by atoms with Crippen LogP contribution in [0.15, 0.2) is 71.1 Å². The fourth-order valence-electron chi connectivity index (χ4n) is 3.38. The average Bonchev–Trinajstić information content (AvgIpc) is 3.21. The molecule has 0 aliphatic heterocycles. The first kappa shape index (κ1) is 20.7. The number of nitrogens with zero attached hydrogens (tertiary/aromatic N) is 1. The van der Waals surface area contributed by atoms with E-state index in [9.17, 15) is 4.79 Å². The van der Waals surface area contributed by atoms with Gasteiger partial charge in [0.25, 0.3) is 5.91 Å². The van der Waals surface area contributed by atoms with Crippen molar-refractivity contribution in [3.63, 3.8) is 0 Å². The lowest BCUT2D eigenvalue weighted by Crippen LogP contribution is -2.20. The van der Waals surface area contributed by atoms with Crippen LogP contribution < -0.4 is 10.1 Å². The molecule has 4 aromatic rings. The van der Waals surface area contributed by atoms with Crippen LogP contribution in [-0.4, -0.2) is 17.5 Å². The van der Waals surface area contributed by atoms with Gasteiger partial charge in [0, 0.05) is 11.3 Å². The van der Waals surface area contributed by atoms with Crippen molar-refractivity contribution in [3.05, 3.63) is 77.9 Å². The van der Waals surface area contributed by atoms with Crippen molar-refractivity contribution in [1.82, 2.24) is 4.98 Å². The van der Waals surface area contributed by atoms with Crippen molar-refractivity contribution in [2.45, 2.75) is 33.1 Å². The first-order valence-corrected chi connectivity index (χ1v) is 10.5. The number of aryl methyl sites for hydroxylation is 1.